The van der Waals surface area contributed by atoms with Crippen LogP contribution in [0.25, 0.3) is 0 Å². The Kier molecular flexibility index (Phi) is 3.70. The van der Waals surface area contributed by atoms with Crippen molar-refractivity contribution in [2.24, 2.45) is 0 Å². The summed E-state index contributed by atoms with van der Waals surface area (Å²) in [6.07, 6.45) is 5.09. The summed E-state index contributed by atoms with van der Waals surface area (Å²) >= 11 is 1.48. The SMILES string of the molecule is COC(=O)c1csc(NC2CCN3CCCCC23)n1. The molecule has 2 aliphatic heterocycles. The zero-order chi connectivity index (χ0) is 13.2. The topological polar surface area (TPSA) is 54.5 Å². The first-order chi connectivity index (χ1) is 9.28. The average molecular weight is 281 g/mol. The summed E-state index contributed by atoms with van der Waals surface area (Å²) in [5.41, 5.74) is 0.397. The van der Waals surface area contributed by atoms with Crippen molar-refractivity contribution < 1.29 is 9.53 Å². The van der Waals surface area contributed by atoms with Crippen LogP contribution in [-0.2, 0) is 4.74 Å². The lowest BCUT2D eigenvalue weighted by molar-refractivity contribution is 0.0595. The first-order valence-electron chi connectivity index (χ1n) is 6.82. The maximum atomic E-state index is 11.4. The highest BCUT2D eigenvalue weighted by Gasteiger charge is 2.35. The second-order valence-corrected chi connectivity index (χ2v) is 6.03. The monoisotopic (exact) mass is 281 g/mol. The molecule has 0 aromatic carbocycles. The fourth-order valence-electron chi connectivity index (χ4n) is 3.11. The molecule has 1 N–H and O–H groups in total. The molecule has 5 nitrogen and oxygen atoms in total. The molecule has 0 saturated carbocycles. The largest absolute Gasteiger partial charge is 0.464 e. The van der Waals surface area contributed by atoms with Crippen molar-refractivity contribution >= 4 is 22.4 Å². The molecule has 3 heterocycles. The second-order valence-electron chi connectivity index (χ2n) is 5.17. The first kappa shape index (κ1) is 12.9. The van der Waals surface area contributed by atoms with Crippen molar-refractivity contribution in [3.05, 3.63) is 11.1 Å². The van der Waals surface area contributed by atoms with E-state index in [4.69, 9.17) is 0 Å². The van der Waals surface area contributed by atoms with E-state index < -0.39 is 0 Å². The Morgan fingerprint density at radius 3 is 3.21 bits per heavy atom. The molecule has 0 bridgehead atoms. The molecule has 0 spiro atoms. The van der Waals surface area contributed by atoms with Gasteiger partial charge in [0.05, 0.1) is 7.11 Å². The van der Waals surface area contributed by atoms with Crippen LogP contribution in [0.4, 0.5) is 5.13 Å². The number of piperidine rings is 1. The molecule has 6 heteroatoms. The zero-order valence-electron chi connectivity index (χ0n) is 11.1. The lowest BCUT2D eigenvalue weighted by atomic mass is 9.99. The molecule has 2 fully saturated rings. The number of hydrogen-bond acceptors (Lipinski definition) is 6. The molecule has 1 aromatic rings. The van der Waals surface area contributed by atoms with Gasteiger partial charge in [0, 0.05) is 24.0 Å². The molecule has 1 aromatic heterocycles. The number of rotatable bonds is 3. The van der Waals surface area contributed by atoms with E-state index in [0.717, 1.165) is 11.6 Å². The number of fused-ring (bicyclic) bond motifs is 1. The molecular formula is C13H19N3O2S. The van der Waals surface area contributed by atoms with Gasteiger partial charge in [-0.1, -0.05) is 6.42 Å². The number of methoxy groups -OCH3 is 1. The molecule has 19 heavy (non-hydrogen) atoms. The Morgan fingerprint density at radius 2 is 2.37 bits per heavy atom. The summed E-state index contributed by atoms with van der Waals surface area (Å²) < 4.78 is 4.67. The van der Waals surface area contributed by atoms with Crippen molar-refractivity contribution in [1.82, 2.24) is 9.88 Å². The predicted octanol–water partition coefficient (Wildman–Crippen LogP) is 1.97. The smallest absolute Gasteiger partial charge is 0.357 e. The normalized spacial score (nSPS) is 27.0. The van der Waals surface area contributed by atoms with Crippen LogP contribution in [0.1, 0.15) is 36.2 Å². The highest BCUT2D eigenvalue weighted by atomic mass is 32.1. The van der Waals surface area contributed by atoms with Crippen LogP contribution in [-0.4, -0.2) is 48.1 Å². The number of aromatic nitrogens is 1. The average Bonchev–Trinajstić information content (AvgIpc) is 3.06. The number of thiazole rings is 1. The van der Waals surface area contributed by atoms with Gasteiger partial charge in [-0.15, -0.1) is 11.3 Å². The number of anilines is 1. The lowest BCUT2D eigenvalue weighted by Gasteiger charge is -2.32. The number of carbonyl (C=O) groups excluding carboxylic acids is 1. The van der Waals surface area contributed by atoms with Crippen molar-refractivity contribution in [2.75, 3.05) is 25.5 Å². The third-order valence-electron chi connectivity index (χ3n) is 4.06. The molecule has 0 radical (unpaired) electrons. The Morgan fingerprint density at radius 1 is 1.47 bits per heavy atom. The fourth-order valence-corrected chi connectivity index (χ4v) is 3.86. The molecule has 104 valence electrons. The number of carbonyl (C=O) groups is 1. The van der Waals surface area contributed by atoms with Gasteiger partial charge in [0.1, 0.15) is 0 Å². The van der Waals surface area contributed by atoms with Crippen LogP contribution in [0.15, 0.2) is 5.38 Å². The Hall–Kier alpha value is -1.14. The van der Waals surface area contributed by atoms with Crippen molar-refractivity contribution in [2.45, 2.75) is 37.8 Å². The Labute approximate surface area is 117 Å². The minimum atomic E-state index is -0.366. The van der Waals surface area contributed by atoms with Crippen LogP contribution < -0.4 is 5.32 Å². The van der Waals surface area contributed by atoms with E-state index in [2.05, 4.69) is 19.9 Å². The summed E-state index contributed by atoms with van der Waals surface area (Å²) in [6, 6.07) is 1.11. The number of nitrogens with zero attached hydrogens (tertiary/aromatic N) is 2. The molecule has 0 aliphatic carbocycles. The molecule has 2 atom stereocenters. The van der Waals surface area contributed by atoms with Gasteiger partial charge in [0.25, 0.3) is 0 Å². The highest BCUT2D eigenvalue weighted by Crippen LogP contribution is 2.30. The summed E-state index contributed by atoms with van der Waals surface area (Å²) in [4.78, 5) is 18.3. The molecule has 2 aliphatic rings. The maximum Gasteiger partial charge on any atom is 0.357 e. The number of nitrogens with one attached hydrogen (secondary N) is 1. The third-order valence-corrected chi connectivity index (χ3v) is 4.84. The second kappa shape index (κ2) is 5.46. The van der Waals surface area contributed by atoms with Gasteiger partial charge in [-0.05, 0) is 25.8 Å². The Balaban J connectivity index is 1.65. The lowest BCUT2D eigenvalue weighted by Crippen LogP contribution is -2.41. The van der Waals surface area contributed by atoms with Crippen molar-refractivity contribution in [1.29, 1.82) is 0 Å². The van der Waals surface area contributed by atoms with Gasteiger partial charge < -0.3 is 10.1 Å². The maximum absolute atomic E-state index is 11.4. The van der Waals surface area contributed by atoms with Crippen LogP contribution in [0, 0.1) is 0 Å². The number of ether oxygens (including phenoxy) is 1. The van der Waals surface area contributed by atoms with Crippen LogP contribution >= 0.6 is 11.3 Å². The van der Waals surface area contributed by atoms with Gasteiger partial charge in [-0.3, -0.25) is 4.90 Å². The number of hydrogen-bond donors (Lipinski definition) is 1. The zero-order valence-corrected chi connectivity index (χ0v) is 11.9. The van der Waals surface area contributed by atoms with E-state index in [1.165, 1.54) is 50.8 Å². The van der Waals surface area contributed by atoms with Crippen LogP contribution in [0.5, 0.6) is 0 Å². The van der Waals surface area contributed by atoms with Gasteiger partial charge >= 0.3 is 5.97 Å². The van der Waals surface area contributed by atoms with Crippen molar-refractivity contribution in [3.63, 3.8) is 0 Å². The van der Waals surface area contributed by atoms with Gasteiger partial charge in [0.15, 0.2) is 10.8 Å². The standard InChI is InChI=1S/C13H19N3O2S/c1-18-12(17)10-8-19-13(15-10)14-9-5-7-16-6-3-2-4-11(9)16/h8-9,11H,2-7H2,1H3,(H,14,15). The fraction of sp³-hybridized carbons (Fsp3) is 0.692. The van der Waals surface area contributed by atoms with E-state index >= 15 is 0 Å². The Bertz CT molecular complexity index is 462. The van der Waals surface area contributed by atoms with Crippen molar-refractivity contribution in [3.8, 4) is 0 Å². The summed E-state index contributed by atoms with van der Waals surface area (Å²) in [5.74, 6) is -0.366. The van der Waals surface area contributed by atoms with E-state index in [-0.39, 0.29) is 5.97 Å². The quantitative estimate of drug-likeness (QED) is 0.858. The molecule has 2 unspecified atom stereocenters. The minimum absolute atomic E-state index is 0.366. The van der Waals surface area contributed by atoms with Crippen LogP contribution in [0.3, 0.4) is 0 Å². The van der Waals surface area contributed by atoms with E-state index in [9.17, 15) is 4.79 Å². The molecule has 0 amide bonds. The third kappa shape index (κ3) is 2.60. The molecule has 2 saturated heterocycles. The van der Waals surface area contributed by atoms with Gasteiger partial charge in [-0.25, -0.2) is 9.78 Å². The summed E-state index contributed by atoms with van der Waals surface area (Å²) in [6.45, 7) is 2.41. The minimum Gasteiger partial charge on any atom is -0.464 e. The van der Waals surface area contributed by atoms with Gasteiger partial charge in [-0.2, -0.15) is 0 Å². The predicted molar refractivity (Wildman–Crippen MR) is 74.7 cm³/mol. The summed E-state index contributed by atoms with van der Waals surface area (Å²) in [5, 5.41) is 6.08. The number of esters is 1. The van der Waals surface area contributed by atoms with E-state index in [1.54, 1.807) is 5.38 Å². The van der Waals surface area contributed by atoms with E-state index in [1.807, 2.05) is 0 Å². The molecular weight excluding hydrogens is 262 g/mol. The van der Waals surface area contributed by atoms with Crippen LogP contribution in [0.2, 0.25) is 0 Å². The van der Waals surface area contributed by atoms with E-state index in [0.29, 0.717) is 17.8 Å². The van der Waals surface area contributed by atoms with Gasteiger partial charge in [0.2, 0.25) is 0 Å². The molecule has 3 rings (SSSR count). The highest BCUT2D eigenvalue weighted by molar-refractivity contribution is 7.13. The summed E-state index contributed by atoms with van der Waals surface area (Å²) in [7, 11) is 1.38. The first-order valence-corrected chi connectivity index (χ1v) is 7.70.